The summed E-state index contributed by atoms with van der Waals surface area (Å²) in [6.07, 6.45) is -0.167. The number of nitrogens with two attached hydrogens (primary N) is 1. The summed E-state index contributed by atoms with van der Waals surface area (Å²) in [7, 11) is 0. The van der Waals surface area contributed by atoms with Crippen LogP contribution in [0.2, 0.25) is 0 Å². The van der Waals surface area contributed by atoms with Crippen molar-refractivity contribution in [1.29, 1.82) is 0 Å². The van der Waals surface area contributed by atoms with Crippen LogP contribution in [0.25, 0.3) is 21.1 Å². The number of benzene rings is 4. The number of primary amides is 1. The molecule has 2 aromatic heterocycles. The van der Waals surface area contributed by atoms with E-state index in [1.165, 1.54) is 35.4 Å². The zero-order valence-corrected chi connectivity index (χ0v) is 42.0. The van der Waals surface area contributed by atoms with Crippen LogP contribution in [-0.4, -0.2) is 93.2 Å². The Labute approximate surface area is 437 Å². The van der Waals surface area contributed by atoms with E-state index in [-0.39, 0.29) is 84.2 Å². The highest BCUT2D eigenvalue weighted by Crippen LogP contribution is 2.43. The van der Waals surface area contributed by atoms with E-state index in [1.54, 1.807) is 86.6 Å². The molecule has 76 heavy (non-hydrogen) atoms. The monoisotopic (exact) mass is 1070 g/mol. The lowest BCUT2D eigenvalue weighted by Gasteiger charge is -2.30. The van der Waals surface area contributed by atoms with E-state index >= 15 is 0 Å². The number of fused-ring (bicyclic) bond motifs is 2. The number of pyridine rings is 1. The number of hydrogen-bond acceptors (Lipinski definition) is 13. The van der Waals surface area contributed by atoms with Gasteiger partial charge in [-0.1, -0.05) is 86.2 Å². The van der Waals surface area contributed by atoms with Crippen molar-refractivity contribution in [3.63, 3.8) is 0 Å². The summed E-state index contributed by atoms with van der Waals surface area (Å²) < 4.78 is 50.4. The number of alkyl halides is 3. The SMILES string of the molecule is CC(C)C(NC(=O)CCCCCN1C(=O)C=CC1=O)C(=O)N[C@@H](CCCNC(N)=O)C(=O)Nc1ccc(COC(=O)N(c2nc3ccccc3s2)C(c2ccc(OC(F)(F)F)cc2)c2ccc3cccnc3c2O)cc1. The van der Waals surface area contributed by atoms with Crippen LogP contribution in [0, 0.1) is 5.92 Å². The lowest BCUT2D eigenvalue weighted by atomic mass is 9.95. The minimum absolute atomic E-state index is 0.0628. The van der Waals surface area contributed by atoms with Gasteiger partial charge in [-0.2, -0.15) is 0 Å². The van der Waals surface area contributed by atoms with Gasteiger partial charge in [0.15, 0.2) is 5.13 Å². The van der Waals surface area contributed by atoms with Crippen LogP contribution in [0.1, 0.15) is 75.1 Å². The molecule has 7 rings (SSSR count). The van der Waals surface area contributed by atoms with Crippen molar-refractivity contribution in [3.8, 4) is 11.5 Å². The zero-order chi connectivity index (χ0) is 54.5. The number of nitrogens with one attached hydrogen (secondary N) is 4. The highest BCUT2D eigenvalue weighted by molar-refractivity contribution is 7.22. The molecule has 3 heterocycles. The molecule has 398 valence electrons. The molecular formula is C53H54F3N9O10S. The van der Waals surface area contributed by atoms with Crippen LogP contribution in [0.15, 0.2) is 115 Å². The van der Waals surface area contributed by atoms with E-state index < -0.39 is 60.1 Å². The smallest absolute Gasteiger partial charge is 0.505 e. The van der Waals surface area contributed by atoms with Gasteiger partial charge in [0.2, 0.25) is 17.7 Å². The van der Waals surface area contributed by atoms with E-state index in [9.17, 15) is 51.8 Å². The highest BCUT2D eigenvalue weighted by Gasteiger charge is 2.36. The third-order valence-electron chi connectivity index (χ3n) is 12.1. The number of thiazole rings is 1. The van der Waals surface area contributed by atoms with Crippen molar-refractivity contribution in [3.05, 3.63) is 132 Å². The number of aromatic nitrogens is 2. The number of halogens is 3. The van der Waals surface area contributed by atoms with Gasteiger partial charge in [0.1, 0.15) is 35.7 Å². The summed E-state index contributed by atoms with van der Waals surface area (Å²) in [4.78, 5) is 102. The first-order chi connectivity index (χ1) is 36.3. The molecule has 0 spiro atoms. The Balaban J connectivity index is 1.05. The number of unbranched alkanes of at least 4 members (excludes halogenated alkanes) is 2. The van der Waals surface area contributed by atoms with E-state index in [0.29, 0.717) is 46.1 Å². The number of para-hydroxylation sites is 1. The third-order valence-corrected chi connectivity index (χ3v) is 13.1. The molecule has 3 atom stereocenters. The van der Waals surface area contributed by atoms with Crippen molar-refractivity contribution in [1.82, 2.24) is 30.8 Å². The zero-order valence-electron chi connectivity index (χ0n) is 41.2. The first kappa shape index (κ1) is 55.2. The Morgan fingerprint density at radius 1 is 0.842 bits per heavy atom. The molecule has 0 aliphatic carbocycles. The molecule has 7 N–H and O–H groups in total. The largest absolute Gasteiger partial charge is 0.573 e. The van der Waals surface area contributed by atoms with Gasteiger partial charge in [-0.15, -0.1) is 13.2 Å². The van der Waals surface area contributed by atoms with Crippen molar-refractivity contribution in [2.75, 3.05) is 23.3 Å². The van der Waals surface area contributed by atoms with Crippen LogP contribution in [-0.2, 0) is 35.3 Å². The number of aromatic hydroxyl groups is 1. The molecule has 2 unspecified atom stereocenters. The maximum absolute atomic E-state index is 14.6. The number of phenolic OH excluding ortho intramolecular Hbond substituents is 1. The summed E-state index contributed by atoms with van der Waals surface area (Å²) in [6, 6.07) is 20.7. The van der Waals surface area contributed by atoms with Gasteiger partial charge < -0.3 is 41.6 Å². The number of hydrogen-bond donors (Lipinski definition) is 6. The Morgan fingerprint density at radius 2 is 1.57 bits per heavy atom. The van der Waals surface area contributed by atoms with Gasteiger partial charge in [-0.05, 0) is 85.2 Å². The fourth-order valence-corrected chi connectivity index (χ4v) is 9.27. The molecule has 1 aliphatic heterocycles. The molecule has 0 saturated heterocycles. The molecule has 23 heteroatoms. The number of phenols is 1. The number of carbonyl (C=O) groups is 7. The van der Waals surface area contributed by atoms with Crippen LogP contribution in [0.5, 0.6) is 11.5 Å². The van der Waals surface area contributed by atoms with Gasteiger partial charge in [-0.3, -0.25) is 33.9 Å². The maximum Gasteiger partial charge on any atom is 0.573 e. The van der Waals surface area contributed by atoms with E-state index in [2.05, 4.69) is 31.0 Å². The summed E-state index contributed by atoms with van der Waals surface area (Å²) in [5, 5.41) is 23.2. The molecule has 8 amide bonds. The summed E-state index contributed by atoms with van der Waals surface area (Å²) >= 11 is 1.14. The minimum atomic E-state index is -4.97. The lowest BCUT2D eigenvalue weighted by Crippen LogP contribution is -2.54. The number of urea groups is 1. The van der Waals surface area contributed by atoms with Gasteiger partial charge in [0.05, 0.1) is 16.3 Å². The molecule has 0 bridgehead atoms. The number of imide groups is 1. The molecule has 1 aliphatic rings. The van der Waals surface area contributed by atoms with Crippen molar-refractivity contribution >= 4 is 84.9 Å². The maximum atomic E-state index is 14.6. The number of amides is 8. The predicted octanol–water partition coefficient (Wildman–Crippen LogP) is 7.88. The van der Waals surface area contributed by atoms with Crippen LogP contribution >= 0.6 is 11.3 Å². The second-order valence-electron chi connectivity index (χ2n) is 17.9. The molecule has 0 saturated carbocycles. The third kappa shape index (κ3) is 14.6. The summed E-state index contributed by atoms with van der Waals surface area (Å²) in [5.41, 5.74) is 7.15. The van der Waals surface area contributed by atoms with Gasteiger partial charge >= 0.3 is 18.5 Å². The molecule has 0 fully saturated rings. The van der Waals surface area contributed by atoms with Crippen LogP contribution in [0.3, 0.4) is 0 Å². The Morgan fingerprint density at radius 3 is 2.25 bits per heavy atom. The Hall–Kier alpha value is -8.60. The number of anilines is 2. The second kappa shape index (κ2) is 25.1. The average Bonchev–Trinajstić information content (AvgIpc) is 3.97. The first-order valence-electron chi connectivity index (χ1n) is 24.2. The fourth-order valence-electron chi connectivity index (χ4n) is 8.28. The number of carbonyl (C=O) groups excluding carboxylic acids is 7. The highest BCUT2D eigenvalue weighted by atomic mass is 32.1. The standard InChI is InChI=1S/C53H54F3N9O10S/c1-31(2)44(63-41(66)14-4-3-7-29-64-42(67)25-26-43(64)68)49(71)61-39(12-9-28-59-50(57)72)48(70)60-35-20-15-32(16-21-35)30-74-52(73)65(51-62-38-11-5-6-13-40(38)76-51)46(34-17-22-36(23-18-34)75-53(54,55)56)37-24-19-33-10-8-27-58-45(33)47(37)69/h5-6,8,10-11,13,15-27,31,39,44,46,69H,3-4,7,9,12,14,28-30H2,1-2H3,(H,60,70)(H,61,71)(H,63,66)(H3,57,59,72)/t39-,44?,46?/m0/s1. The molecular weight excluding hydrogens is 1010 g/mol. The second-order valence-corrected chi connectivity index (χ2v) is 18.9. The van der Waals surface area contributed by atoms with Crippen molar-refractivity contribution in [2.45, 2.75) is 83.5 Å². The van der Waals surface area contributed by atoms with Gasteiger partial charge in [-0.25, -0.2) is 19.5 Å². The topological polar surface area (TPSA) is 265 Å². The number of rotatable bonds is 23. The average molecular weight is 1070 g/mol. The Kier molecular flexibility index (Phi) is 18.2. The van der Waals surface area contributed by atoms with Crippen molar-refractivity contribution < 1.29 is 61.3 Å². The van der Waals surface area contributed by atoms with E-state index in [1.807, 2.05) is 0 Å². The molecule has 4 aromatic carbocycles. The van der Waals surface area contributed by atoms with Crippen molar-refractivity contribution in [2.24, 2.45) is 11.7 Å². The minimum Gasteiger partial charge on any atom is -0.505 e. The summed E-state index contributed by atoms with van der Waals surface area (Å²) in [5.74, 6) is -3.60. The first-order valence-corrected chi connectivity index (χ1v) is 25.0. The van der Waals surface area contributed by atoms with Gasteiger partial charge in [0, 0.05) is 54.5 Å². The number of ether oxygens (including phenoxy) is 2. The molecule has 19 nitrogen and oxygen atoms in total. The van der Waals surface area contributed by atoms with Crippen LogP contribution < -0.4 is 36.6 Å². The van der Waals surface area contributed by atoms with Gasteiger partial charge in [0.25, 0.3) is 11.8 Å². The number of nitrogens with zero attached hydrogens (tertiary/aromatic N) is 4. The quantitative estimate of drug-likeness (QED) is 0.0264. The summed E-state index contributed by atoms with van der Waals surface area (Å²) in [6.45, 7) is 3.47. The normalized spacial score (nSPS) is 13.6. The molecule has 6 aromatic rings. The van der Waals surface area contributed by atoms with Crippen LogP contribution in [0.4, 0.5) is 33.6 Å². The predicted molar refractivity (Wildman–Crippen MR) is 276 cm³/mol. The lowest BCUT2D eigenvalue weighted by molar-refractivity contribution is -0.274. The van der Waals surface area contributed by atoms with E-state index in [0.717, 1.165) is 28.4 Å². The Bertz CT molecular complexity index is 3070. The fraction of sp³-hybridized carbons (Fsp3) is 0.302. The molecule has 0 radical (unpaired) electrons. The van der Waals surface area contributed by atoms with E-state index in [4.69, 9.17) is 15.5 Å².